The van der Waals surface area contributed by atoms with Crippen molar-refractivity contribution < 1.29 is 21.6 Å². The molecular weight excluding hydrogens is 304 g/mol. The maximum Gasteiger partial charge on any atom is 0.269 e. The van der Waals surface area contributed by atoms with Crippen LogP contribution in [0.2, 0.25) is 0 Å². The fourth-order valence-corrected chi connectivity index (χ4v) is 4.30. The Morgan fingerprint density at radius 2 is 1.95 bits per heavy atom. The predicted octanol–water partition coefficient (Wildman–Crippen LogP) is -0.152. The second-order valence-corrected chi connectivity index (χ2v) is 8.68. The summed E-state index contributed by atoms with van der Waals surface area (Å²) >= 11 is 0. The first-order valence-electron chi connectivity index (χ1n) is 5.86. The number of hydrogen-bond donors (Lipinski definition) is 1. The minimum Gasteiger partial charge on any atom is -0.399 e. The van der Waals surface area contributed by atoms with Gasteiger partial charge in [-0.3, -0.25) is 4.79 Å². The Bertz CT molecular complexity index is 768. The number of hydrogen-bond acceptors (Lipinski definition) is 6. The van der Waals surface area contributed by atoms with Crippen LogP contribution in [-0.4, -0.2) is 45.1 Å². The molecule has 2 rings (SSSR count). The molecule has 0 unspecified atom stereocenters. The standard InChI is InChI=1S/C11H14N2O5S2/c1-2-19(15,16)6-5-13-11(14)9-7-8(12)3-4-10(9)20(13,17)18/h3-4,7H,2,5-6,12H2,1H3. The van der Waals surface area contributed by atoms with Gasteiger partial charge in [0.1, 0.15) is 4.90 Å². The van der Waals surface area contributed by atoms with Crippen molar-refractivity contribution >= 4 is 31.5 Å². The summed E-state index contributed by atoms with van der Waals surface area (Å²) < 4.78 is 47.8. The zero-order valence-corrected chi connectivity index (χ0v) is 12.4. The lowest BCUT2D eigenvalue weighted by Gasteiger charge is -2.14. The summed E-state index contributed by atoms with van der Waals surface area (Å²) in [5, 5.41) is 0. The Hall–Kier alpha value is -1.61. The summed E-state index contributed by atoms with van der Waals surface area (Å²) in [5.74, 6) is -1.23. The topological polar surface area (TPSA) is 115 Å². The van der Waals surface area contributed by atoms with Crippen LogP contribution >= 0.6 is 0 Å². The highest BCUT2D eigenvalue weighted by atomic mass is 32.2. The number of nitrogens with two attached hydrogens (primary N) is 1. The van der Waals surface area contributed by atoms with Crippen molar-refractivity contribution in [2.24, 2.45) is 0 Å². The second kappa shape index (κ2) is 4.74. The third kappa shape index (κ3) is 2.38. The van der Waals surface area contributed by atoms with Gasteiger partial charge in [0, 0.05) is 11.4 Å². The minimum absolute atomic E-state index is 0.0149. The van der Waals surface area contributed by atoms with Gasteiger partial charge in [-0.2, -0.15) is 0 Å². The largest absolute Gasteiger partial charge is 0.399 e. The van der Waals surface area contributed by atoms with E-state index < -0.39 is 31.5 Å². The van der Waals surface area contributed by atoms with Crippen molar-refractivity contribution in [2.75, 3.05) is 23.8 Å². The van der Waals surface area contributed by atoms with Crippen LogP contribution in [0.5, 0.6) is 0 Å². The first-order chi connectivity index (χ1) is 9.19. The van der Waals surface area contributed by atoms with Gasteiger partial charge in [0.25, 0.3) is 15.9 Å². The molecule has 0 aromatic heterocycles. The van der Waals surface area contributed by atoms with E-state index >= 15 is 0 Å². The summed E-state index contributed by atoms with van der Waals surface area (Å²) in [6.07, 6.45) is 0. The van der Waals surface area contributed by atoms with E-state index in [0.29, 0.717) is 4.31 Å². The van der Waals surface area contributed by atoms with Gasteiger partial charge in [0.05, 0.1) is 17.9 Å². The molecule has 0 saturated carbocycles. The van der Waals surface area contributed by atoms with Crippen LogP contribution in [0.15, 0.2) is 23.1 Å². The fraction of sp³-hybridized carbons (Fsp3) is 0.364. The zero-order chi connectivity index (χ0) is 15.1. The number of carbonyl (C=O) groups excluding carboxylic acids is 1. The van der Waals surface area contributed by atoms with Gasteiger partial charge < -0.3 is 5.73 Å². The Morgan fingerprint density at radius 1 is 1.30 bits per heavy atom. The van der Waals surface area contributed by atoms with Gasteiger partial charge >= 0.3 is 0 Å². The van der Waals surface area contributed by atoms with E-state index in [1.165, 1.54) is 25.1 Å². The van der Waals surface area contributed by atoms with Crippen molar-refractivity contribution in [1.29, 1.82) is 0 Å². The molecule has 110 valence electrons. The number of anilines is 1. The molecule has 0 aliphatic carbocycles. The van der Waals surface area contributed by atoms with Crippen molar-refractivity contribution in [2.45, 2.75) is 11.8 Å². The van der Waals surface area contributed by atoms with Crippen LogP contribution in [0.3, 0.4) is 0 Å². The van der Waals surface area contributed by atoms with E-state index in [4.69, 9.17) is 5.73 Å². The van der Waals surface area contributed by atoms with Crippen molar-refractivity contribution in [3.05, 3.63) is 23.8 Å². The lowest BCUT2D eigenvalue weighted by Crippen LogP contribution is -2.34. The molecule has 1 amide bonds. The molecule has 1 aromatic rings. The van der Waals surface area contributed by atoms with Crippen LogP contribution in [0.1, 0.15) is 17.3 Å². The highest BCUT2D eigenvalue weighted by molar-refractivity contribution is 7.91. The van der Waals surface area contributed by atoms with Gasteiger partial charge in [-0.1, -0.05) is 6.92 Å². The number of sulfone groups is 1. The quantitative estimate of drug-likeness (QED) is 0.772. The third-order valence-corrected chi connectivity index (χ3v) is 6.60. The van der Waals surface area contributed by atoms with Gasteiger partial charge in [-0.15, -0.1) is 0 Å². The van der Waals surface area contributed by atoms with E-state index in [9.17, 15) is 21.6 Å². The molecule has 0 saturated heterocycles. The predicted molar refractivity (Wildman–Crippen MR) is 73.4 cm³/mol. The number of carbonyl (C=O) groups is 1. The maximum absolute atomic E-state index is 12.2. The molecule has 20 heavy (non-hydrogen) atoms. The summed E-state index contributed by atoms with van der Waals surface area (Å²) in [6.45, 7) is 1.08. The molecule has 0 radical (unpaired) electrons. The zero-order valence-electron chi connectivity index (χ0n) is 10.7. The molecular formula is C11H14N2O5S2. The SMILES string of the molecule is CCS(=O)(=O)CCN1C(=O)c2cc(N)ccc2S1(=O)=O. The summed E-state index contributed by atoms with van der Waals surface area (Å²) in [4.78, 5) is 11.9. The van der Waals surface area contributed by atoms with Gasteiger partial charge in [-0.25, -0.2) is 21.1 Å². The number of sulfonamides is 1. The van der Waals surface area contributed by atoms with Gasteiger partial charge in [0.15, 0.2) is 9.84 Å². The number of nitrogens with zero attached hydrogens (tertiary/aromatic N) is 1. The average molecular weight is 318 g/mol. The van der Waals surface area contributed by atoms with E-state index in [-0.39, 0.29) is 28.4 Å². The Kier molecular flexibility index (Phi) is 3.51. The van der Waals surface area contributed by atoms with Crippen molar-refractivity contribution in [3.63, 3.8) is 0 Å². The highest BCUT2D eigenvalue weighted by Gasteiger charge is 2.41. The number of benzene rings is 1. The Balaban J connectivity index is 2.37. The monoisotopic (exact) mass is 318 g/mol. The van der Waals surface area contributed by atoms with Crippen LogP contribution in [-0.2, 0) is 19.9 Å². The maximum atomic E-state index is 12.2. The third-order valence-electron chi connectivity index (χ3n) is 3.07. The summed E-state index contributed by atoms with van der Waals surface area (Å²) in [7, 11) is -7.34. The van der Waals surface area contributed by atoms with Crippen LogP contribution in [0.4, 0.5) is 5.69 Å². The van der Waals surface area contributed by atoms with Crippen molar-refractivity contribution in [1.82, 2.24) is 4.31 Å². The van der Waals surface area contributed by atoms with Gasteiger partial charge in [0.2, 0.25) is 0 Å². The first-order valence-corrected chi connectivity index (χ1v) is 9.12. The second-order valence-electron chi connectivity index (χ2n) is 4.37. The average Bonchev–Trinajstić information content (AvgIpc) is 2.55. The van der Waals surface area contributed by atoms with E-state index in [0.717, 1.165) is 0 Å². The minimum atomic E-state index is -3.98. The fourth-order valence-electron chi connectivity index (χ4n) is 1.89. The summed E-state index contributed by atoms with van der Waals surface area (Å²) in [6, 6.07) is 3.92. The van der Waals surface area contributed by atoms with E-state index in [1.807, 2.05) is 0 Å². The lowest BCUT2D eigenvalue weighted by molar-refractivity contribution is 0.0876. The smallest absolute Gasteiger partial charge is 0.269 e. The van der Waals surface area contributed by atoms with Gasteiger partial charge in [-0.05, 0) is 18.2 Å². The Morgan fingerprint density at radius 3 is 2.55 bits per heavy atom. The molecule has 1 aliphatic heterocycles. The van der Waals surface area contributed by atoms with Crippen LogP contribution in [0.25, 0.3) is 0 Å². The molecule has 1 aromatic carbocycles. The lowest BCUT2D eigenvalue weighted by atomic mass is 10.2. The molecule has 0 fully saturated rings. The number of rotatable bonds is 4. The number of nitrogen functional groups attached to an aromatic ring is 1. The Labute approximate surface area is 117 Å². The highest BCUT2D eigenvalue weighted by Crippen LogP contribution is 2.31. The van der Waals surface area contributed by atoms with Crippen molar-refractivity contribution in [3.8, 4) is 0 Å². The molecule has 7 nitrogen and oxygen atoms in total. The molecule has 0 bridgehead atoms. The van der Waals surface area contributed by atoms with Crippen LogP contribution < -0.4 is 5.73 Å². The van der Waals surface area contributed by atoms with Crippen LogP contribution in [0, 0.1) is 0 Å². The first kappa shape index (κ1) is 14.8. The van der Waals surface area contributed by atoms with E-state index in [2.05, 4.69) is 0 Å². The molecule has 0 spiro atoms. The molecule has 0 atom stereocenters. The molecule has 2 N–H and O–H groups in total. The molecule has 1 heterocycles. The molecule has 1 aliphatic rings. The normalized spacial score (nSPS) is 17.2. The molecule has 9 heteroatoms. The summed E-state index contributed by atoms with van der Waals surface area (Å²) in [5.41, 5.74) is 5.79. The number of fused-ring (bicyclic) bond motifs is 1. The number of amides is 1. The van der Waals surface area contributed by atoms with E-state index in [1.54, 1.807) is 0 Å².